The zero-order valence-electron chi connectivity index (χ0n) is 14.8. The summed E-state index contributed by atoms with van der Waals surface area (Å²) in [5.74, 6) is 1.88. The number of H-pyrrole nitrogens is 1. The van der Waals surface area contributed by atoms with Gasteiger partial charge in [-0.15, -0.1) is 0 Å². The van der Waals surface area contributed by atoms with Crippen molar-refractivity contribution >= 4 is 11.7 Å². The summed E-state index contributed by atoms with van der Waals surface area (Å²) in [6.07, 6.45) is 8.17. The van der Waals surface area contributed by atoms with Gasteiger partial charge in [-0.05, 0) is 55.9 Å². The summed E-state index contributed by atoms with van der Waals surface area (Å²) in [6, 6.07) is 8.15. The molecule has 132 valence electrons. The van der Waals surface area contributed by atoms with Gasteiger partial charge in [0.2, 0.25) is 0 Å². The van der Waals surface area contributed by atoms with Crippen molar-refractivity contribution in [2.24, 2.45) is 5.92 Å². The molecule has 0 bridgehead atoms. The molecular formula is C20H26N4O. The largest absolute Gasteiger partial charge is 0.363 e. The number of hydrogen-bond donors (Lipinski definition) is 1. The third kappa shape index (κ3) is 3.28. The molecule has 0 saturated carbocycles. The number of carbonyl (C=O) groups excluding carboxylic acids is 1. The van der Waals surface area contributed by atoms with Crippen LogP contribution in [0.5, 0.6) is 0 Å². The summed E-state index contributed by atoms with van der Waals surface area (Å²) in [6.45, 7) is 5.24. The molecule has 0 unspecified atom stereocenters. The molecule has 1 atom stereocenters. The molecule has 4 heterocycles. The van der Waals surface area contributed by atoms with Gasteiger partial charge in [-0.2, -0.15) is 0 Å². The van der Waals surface area contributed by atoms with Crippen molar-refractivity contribution in [3.05, 3.63) is 47.9 Å². The van der Waals surface area contributed by atoms with Crippen molar-refractivity contribution in [3.63, 3.8) is 0 Å². The zero-order valence-corrected chi connectivity index (χ0v) is 14.8. The topological polar surface area (TPSA) is 52.2 Å². The first-order chi connectivity index (χ1) is 12.2. The van der Waals surface area contributed by atoms with E-state index in [0.29, 0.717) is 5.56 Å². The number of anilines is 1. The Balaban J connectivity index is 1.47. The Kier molecular flexibility index (Phi) is 4.47. The molecule has 2 aliphatic rings. The van der Waals surface area contributed by atoms with Crippen LogP contribution in [0.15, 0.2) is 36.7 Å². The maximum atomic E-state index is 12.9. The molecule has 4 rings (SSSR count). The number of nitrogens with one attached hydrogen (secondary N) is 1. The van der Waals surface area contributed by atoms with E-state index in [-0.39, 0.29) is 11.9 Å². The van der Waals surface area contributed by atoms with Crippen molar-refractivity contribution in [3.8, 4) is 0 Å². The number of likely N-dealkylation sites (tertiary alicyclic amines) is 1. The number of aromatic nitrogens is 2. The Morgan fingerprint density at radius 2 is 2.00 bits per heavy atom. The summed E-state index contributed by atoms with van der Waals surface area (Å²) < 4.78 is 0. The first-order valence-electron chi connectivity index (χ1n) is 9.37. The molecule has 0 aliphatic carbocycles. The van der Waals surface area contributed by atoms with Crippen LogP contribution in [0, 0.1) is 5.92 Å². The van der Waals surface area contributed by atoms with Gasteiger partial charge in [0.25, 0.3) is 5.91 Å². The average Bonchev–Trinajstić information content (AvgIpc) is 3.33. The molecule has 0 aromatic carbocycles. The number of carbonyl (C=O) groups is 1. The first kappa shape index (κ1) is 16.2. The highest BCUT2D eigenvalue weighted by molar-refractivity contribution is 5.94. The number of piperidine rings is 1. The fourth-order valence-electron chi connectivity index (χ4n) is 3.99. The lowest BCUT2D eigenvalue weighted by Crippen LogP contribution is -2.33. The summed E-state index contributed by atoms with van der Waals surface area (Å²) >= 11 is 0. The van der Waals surface area contributed by atoms with Crippen molar-refractivity contribution in [2.75, 3.05) is 24.5 Å². The van der Waals surface area contributed by atoms with Crippen LogP contribution in [0.25, 0.3) is 0 Å². The number of pyridine rings is 1. The van der Waals surface area contributed by atoms with Crippen LogP contribution in [-0.2, 0) is 0 Å². The minimum atomic E-state index is 0.0865. The second-order valence-electron chi connectivity index (χ2n) is 7.36. The molecule has 25 heavy (non-hydrogen) atoms. The average molecular weight is 338 g/mol. The maximum absolute atomic E-state index is 12.9. The van der Waals surface area contributed by atoms with Crippen LogP contribution in [0.2, 0.25) is 0 Å². The quantitative estimate of drug-likeness (QED) is 0.930. The fraction of sp³-hybridized carbons (Fsp3) is 0.500. The molecule has 1 N–H and O–H groups in total. The number of hydrogen-bond acceptors (Lipinski definition) is 3. The minimum absolute atomic E-state index is 0.0865. The molecule has 2 aliphatic heterocycles. The van der Waals surface area contributed by atoms with Crippen LogP contribution in [0.1, 0.15) is 54.7 Å². The van der Waals surface area contributed by atoms with Gasteiger partial charge < -0.3 is 14.8 Å². The lowest BCUT2D eigenvalue weighted by atomic mass is 9.99. The van der Waals surface area contributed by atoms with Gasteiger partial charge in [0.1, 0.15) is 5.82 Å². The summed E-state index contributed by atoms with van der Waals surface area (Å²) in [5.41, 5.74) is 1.81. The number of aromatic amines is 1. The Hall–Kier alpha value is -2.30. The number of rotatable bonds is 3. The van der Waals surface area contributed by atoms with Crippen molar-refractivity contribution in [1.29, 1.82) is 0 Å². The van der Waals surface area contributed by atoms with Gasteiger partial charge >= 0.3 is 0 Å². The molecule has 2 fully saturated rings. The minimum Gasteiger partial charge on any atom is -0.363 e. The summed E-state index contributed by atoms with van der Waals surface area (Å²) in [4.78, 5) is 25.1. The van der Waals surface area contributed by atoms with Gasteiger partial charge in [0.05, 0.1) is 11.6 Å². The van der Waals surface area contributed by atoms with Crippen LogP contribution in [0.4, 0.5) is 5.82 Å². The van der Waals surface area contributed by atoms with Gasteiger partial charge in [0.15, 0.2) is 0 Å². The highest BCUT2D eigenvalue weighted by Crippen LogP contribution is 2.32. The Bertz CT molecular complexity index is 702. The monoisotopic (exact) mass is 338 g/mol. The van der Waals surface area contributed by atoms with E-state index < -0.39 is 0 Å². The second-order valence-corrected chi connectivity index (χ2v) is 7.36. The first-order valence-corrected chi connectivity index (χ1v) is 9.37. The van der Waals surface area contributed by atoms with Crippen LogP contribution < -0.4 is 4.90 Å². The molecule has 0 spiro atoms. The van der Waals surface area contributed by atoms with Crippen molar-refractivity contribution in [1.82, 2.24) is 14.9 Å². The second kappa shape index (κ2) is 6.90. The van der Waals surface area contributed by atoms with E-state index in [1.54, 1.807) is 6.20 Å². The van der Waals surface area contributed by atoms with E-state index in [1.807, 2.05) is 29.3 Å². The van der Waals surface area contributed by atoms with Crippen LogP contribution in [0.3, 0.4) is 0 Å². The normalized spacial score (nSPS) is 21.7. The molecule has 2 aromatic rings. The molecule has 5 nitrogen and oxygen atoms in total. The molecule has 5 heteroatoms. The third-order valence-electron chi connectivity index (χ3n) is 5.60. The molecular weight excluding hydrogens is 312 g/mol. The fourth-order valence-corrected chi connectivity index (χ4v) is 3.99. The van der Waals surface area contributed by atoms with E-state index in [2.05, 4.69) is 27.9 Å². The standard InChI is InChI=1S/C20H26N4O/c1-15-8-12-23(13-9-15)19-7-6-16(14-22-19)20(25)24-11-3-5-18(24)17-4-2-10-21-17/h2,4,6-7,10,14-15,18,21H,3,5,8-9,11-13H2,1H3/t18-/m1/s1. The van der Waals surface area contributed by atoms with E-state index in [4.69, 9.17) is 0 Å². The molecule has 0 radical (unpaired) electrons. The predicted molar refractivity (Wildman–Crippen MR) is 98.7 cm³/mol. The summed E-state index contributed by atoms with van der Waals surface area (Å²) in [7, 11) is 0. The predicted octanol–water partition coefficient (Wildman–Crippen LogP) is 3.62. The van der Waals surface area contributed by atoms with E-state index in [0.717, 1.165) is 49.9 Å². The maximum Gasteiger partial charge on any atom is 0.255 e. The lowest BCUT2D eigenvalue weighted by Gasteiger charge is -2.31. The van der Waals surface area contributed by atoms with Gasteiger partial charge in [-0.25, -0.2) is 4.98 Å². The van der Waals surface area contributed by atoms with E-state index in [9.17, 15) is 4.79 Å². The van der Waals surface area contributed by atoms with Gasteiger partial charge in [-0.1, -0.05) is 6.92 Å². The highest BCUT2D eigenvalue weighted by atomic mass is 16.2. The highest BCUT2D eigenvalue weighted by Gasteiger charge is 2.31. The SMILES string of the molecule is CC1CCN(c2ccc(C(=O)N3CCC[C@@H]3c3ccc[nH]3)cn2)CC1. The molecule has 2 aromatic heterocycles. The zero-order chi connectivity index (χ0) is 17.2. The molecule has 2 saturated heterocycles. The van der Waals surface area contributed by atoms with Gasteiger partial charge in [0, 0.05) is 37.7 Å². The Morgan fingerprint density at radius 3 is 2.68 bits per heavy atom. The summed E-state index contributed by atoms with van der Waals surface area (Å²) in [5, 5.41) is 0. The van der Waals surface area contributed by atoms with Crippen molar-refractivity contribution in [2.45, 2.75) is 38.6 Å². The Labute approximate surface area is 149 Å². The van der Waals surface area contributed by atoms with Crippen LogP contribution in [-0.4, -0.2) is 40.4 Å². The van der Waals surface area contributed by atoms with Crippen LogP contribution >= 0.6 is 0 Å². The number of nitrogens with zero attached hydrogens (tertiary/aromatic N) is 3. The van der Waals surface area contributed by atoms with E-state index >= 15 is 0 Å². The lowest BCUT2D eigenvalue weighted by molar-refractivity contribution is 0.0733. The smallest absolute Gasteiger partial charge is 0.255 e. The van der Waals surface area contributed by atoms with Gasteiger partial charge in [-0.3, -0.25) is 4.79 Å². The number of amides is 1. The third-order valence-corrected chi connectivity index (χ3v) is 5.60. The van der Waals surface area contributed by atoms with E-state index in [1.165, 1.54) is 12.8 Å². The van der Waals surface area contributed by atoms with Crippen molar-refractivity contribution < 1.29 is 4.79 Å². The Morgan fingerprint density at radius 1 is 1.16 bits per heavy atom. The molecule has 1 amide bonds.